The number of halogens is 2. The van der Waals surface area contributed by atoms with Gasteiger partial charge in [-0.2, -0.15) is 0 Å². The Labute approximate surface area is 197 Å². The highest BCUT2D eigenvalue weighted by molar-refractivity contribution is 7.99. The summed E-state index contributed by atoms with van der Waals surface area (Å²) in [5, 5.41) is 11.8. The van der Waals surface area contributed by atoms with E-state index in [0.717, 1.165) is 34.3 Å². The van der Waals surface area contributed by atoms with Crippen LogP contribution in [0.25, 0.3) is 0 Å². The quantitative estimate of drug-likeness (QED) is 0.364. The molecule has 0 aliphatic rings. The third-order valence-electron chi connectivity index (χ3n) is 4.79. The maximum atomic E-state index is 13.9. The number of esters is 1. The van der Waals surface area contributed by atoms with E-state index in [4.69, 9.17) is 9.47 Å². The Morgan fingerprint density at radius 3 is 2.67 bits per heavy atom. The van der Waals surface area contributed by atoms with Crippen LogP contribution >= 0.6 is 23.1 Å². The fourth-order valence-electron chi connectivity index (χ4n) is 2.98. The molecule has 3 rings (SSSR count). The number of thiophene rings is 1. The number of rotatable bonds is 8. The van der Waals surface area contributed by atoms with Crippen LogP contribution in [0.5, 0.6) is 5.75 Å². The Morgan fingerprint density at radius 1 is 1.27 bits per heavy atom. The summed E-state index contributed by atoms with van der Waals surface area (Å²) in [6.45, 7) is 5.31. The molecule has 0 fully saturated rings. The minimum absolute atomic E-state index is 0.0183. The van der Waals surface area contributed by atoms with Gasteiger partial charge in [-0.1, -0.05) is 11.8 Å². The molecule has 1 N–H and O–H groups in total. The minimum atomic E-state index is -0.819. The van der Waals surface area contributed by atoms with Crippen LogP contribution in [-0.2, 0) is 16.6 Å². The molecule has 12 heteroatoms. The van der Waals surface area contributed by atoms with Crippen LogP contribution < -0.4 is 10.1 Å². The average Bonchev–Trinajstić information content (AvgIpc) is 3.26. The van der Waals surface area contributed by atoms with E-state index in [-0.39, 0.29) is 17.4 Å². The molecule has 0 radical (unpaired) electrons. The van der Waals surface area contributed by atoms with Gasteiger partial charge in [-0.15, -0.1) is 21.5 Å². The third-order valence-corrected chi connectivity index (χ3v) is 6.93. The van der Waals surface area contributed by atoms with Gasteiger partial charge in [0.2, 0.25) is 5.91 Å². The third kappa shape index (κ3) is 5.50. The van der Waals surface area contributed by atoms with Gasteiger partial charge in [-0.3, -0.25) is 4.79 Å². The Hall–Kier alpha value is -2.99. The second-order valence-corrected chi connectivity index (χ2v) is 9.22. The molecule has 3 aromatic rings. The molecular formula is C21H22F2N4O4S2. The normalized spacial score (nSPS) is 11.8. The largest absolute Gasteiger partial charge is 0.480 e. The zero-order chi connectivity index (χ0) is 24.3. The molecule has 1 aromatic carbocycles. The van der Waals surface area contributed by atoms with Gasteiger partial charge in [-0.05, 0) is 38.5 Å². The number of thioether (sulfide) groups is 1. The maximum absolute atomic E-state index is 13.9. The van der Waals surface area contributed by atoms with E-state index in [2.05, 4.69) is 15.5 Å². The predicted octanol–water partition coefficient (Wildman–Crippen LogP) is 4.43. The van der Waals surface area contributed by atoms with Crippen LogP contribution in [0.1, 0.15) is 39.7 Å². The second-order valence-electron chi connectivity index (χ2n) is 7.05. The number of amides is 1. The maximum Gasteiger partial charge on any atom is 0.341 e. The highest BCUT2D eigenvalue weighted by Crippen LogP contribution is 2.33. The summed E-state index contributed by atoms with van der Waals surface area (Å²) in [4.78, 5) is 25.5. The monoisotopic (exact) mass is 496 g/mol. The first-order valence-corrected chi connectivity index (χ1v) is 11.5. The van der Waals surface area contributed by atoms with Gasteiger partial charge in [0.15, 0.2) is 28.7 Å². The number of carbonyl (C=O) groups is 2. The lowest BCUT2D eigenvalue weighted by atomic mass is 10.1. The number of hydrogen-bond donors (Lipinski definition) is 1. The first-order chi connectivity index (χ1) is 15.6. The van der Waals surface area contributed by atoms with Gasteiger partial charge in [0, 0.05) is 18.0 Å². The van der Waals surface area contributed by atoms with Crippen molar-refractivity contribution in [3.8, 4) is 5.75 Å². The van der Waals surface area contributed by atoms with E-state index in [1.54, 1.807) is 25.5 Å². The molecule has 0 aliphatic heterocycles. The average molecular weight is 497 g/mol. The van der Waals surface area contributed by atoms with Crippen molar-refractivity contribution in [3.05, 3.63) is 51.7 Å². The number of hydrogen-bond acceptors (Lipinski definition) is 8. The van der Waals surface area contributed by atoms with Crippen LogP contribution in [-0.4, -0.2) is 39.5 Å². The summed E-state index contributed by atoms with van der Waals surface area (Å²) >= 11 is 2.44. The van der Waals surface area contributed by atoms with E-state index in [1.807, 2.05) is 6.92 Å². The van der Waals surface area contributed by atoms with E-state index in [9.17, 15) is 18.4 Å². The van der Waals surface area contributed by atoms with Gasteiger partial charge < -0.3 is 19.4 Å². The molecule has 0 saturated carbocycles. The van der Waals surface area contributed by atoms with Crippen molar-refractivity contribution in [2.45, 2.75) is 32.0 Å². The summed E-state index contributed by atoms with van der Waals surface area (Å²) < 4.78 is 38.9. The molecule has 33 heavy (non-hydrogen) atoms. The van der Waals surface area contributed by atoms with E-state index in [1.165, 1.54) is 24.5 Å². The topological polar surface area (TPSA) is 95.3 Å². The van der Waals surface area contributed by atoms with Crippen LogP contribution in [0.15, 0.2) is 23.4 Å². The lowest BCUT2D eigenvalue weighted by molar-refractivity contribution is -0.113. The number of nitrogens with one attached hydrogen (secondary N) is 1. The fourth-order valence-corrected chi connectivity index (χ4v) is 4.76. The highest BCUT2D eigenvalue weighted by atomic mass is 32.2. The standard InChI is InChI=1S/C21H22F2N4O4S2/c1-10-12(3)33-19(17(10)20(29)30-5)24-16(28)9-32-21-26-25-18(27(21)4)11(2)31-15-7-6-13(22)8-14(15)23/h6-8,11H,9H2,1-5H3,(H,24,28). The van der Waals surface area contributed by atoms with Crippen molar-refractivity contribution in [2.75, 3.05) is 18.2 Å². The smallest absolute Gasteiger partial charge is 0.341 e. The minimum Gasteiger partial charge on any atom is -0.480 e. The molecule has 0 bridgehead atoms. The highest BCUT2D eigenvalue weighted by Gasteiger charge is 2.23. The van der Waals surface area contributed by atoms with E-state index >= 15 is 0 Å². The van der Waals surface area contributed by atoms with Crippen molar-refractivity contribution in [1.82, 2.24) is 14.8 Å². The number of ether oxygens (including phenoxy) is 2. The number of carbonyl (C=O) groups excluding carboxylic acids is 2. The fraction of sp³-hybridized carbons (Fsp3) is 0.333. The Bertz CT molecular complexity index is 1200. The van der Waals surface area contributed by atoms with Crippen LogP contribution in [0.4, 0.5) is 13.8 Å². The molecule has 1 unspecified atom stereocenters. The van der Waals surface area contributed by atoms with Gasteiger partial charge in [0.25, 0.3) is 0 Å². The van der Waals surface area contributed by atoms with Crippen molar-refractivity contribution in [2.24, 2.45) is 7.05 Å². The predicted molar refractivity (Wildman–Crippen MR) is 121 cm³/mol. The van der Waals surface area contributed by atoms with Crippen LogP contribution in [0, 0.1) is 25.5 Å². The molecule has 0 saturated heterocycles. The summed E-state index contributed by atoms with van der Waals surface area (Å²) in [6, 6.07) is 3.04. The first-order valence-electron chi connectivity index (χ1n) is 9.74. The van der Waals surface area contributed by atoms with E-state index < -0.39 is 23.7 Å². The molecule has 1 amide bonds. The van der Waals surface area contributed by atoms with Crippen molar-refractivity contribution in [3.63, 3.8) is 0 Å². The number of methoxy groups -OCH3 is 1. The zero-order valence-electron chi connectivity index (χ0n) is 18.6. The molecule has 2 aromatic heterocycles. The number of nitrogens with zero attached hydrogens (tertiary/aromatic N) is 3. The molecule has 1 atom stereocenters. The number of anilines is 1. The number of benzene rings is 1. The molecule has 2 heterocycles. The van der Waals surface area contributed by atoms with Crippen LogP contribution in [0.3, 0.4) is 0 Å². The summed E-state index contributed by atoms with van der Waals surface area (Å²) in [6.07, 6.45) is -0.676. The summed E-state index contributed by atoms with van der Waals surface area (Å²) in [5.41, 5.74) is 1.11. The van der Waals surface area contributed by atoms with Crippen molar-refractivity contribution in [1.29, 1.82) is 0 Å². The SMILES string of the molecule is COC(=O)c1c(NC(=O)CSc2nnc(C(C)Oc3ccc(F)cc3F)n2C)sc(C)c1C. The Kier molecular flexibility index (Phi) is 7.69. The molecule has 0 spiro atoms. The molecular weight excluding hydrogens is 474 g/mol. The Morgan fingerprint density at radius 2 is 2.00 bits per heavy atom. The van der Waals surface area contributed by atoms with Crippen LogP contribution in [0.2, 0.25) is 0 Å². The number of aryl methyl sites for hydroxylation is 1. The zero-order valence-corrected chi connectivity index (χ0v) is 20.2. The van der Waals surface area contributed by atoms with Gasteiger partial charge >= 0.3 is 5.97 Å². The second kappa shape index (κ2) is 10.3. The van der Waals surface area contributed by atoms with Gasteiger partial charge in [0.05, 0.1) is 18.4 Å². The Balaban J connectivity index is 1.64. The van der Waals surface area contributed by atoms with Gasteiger partial charge in [-0.25, -0.2) is 13.6 Å². The lowest BCUT2D eigenvalue weighted by Gasteiger charge is -2.14. The van der Waals surface area contributed by atoms with E-state index in [0.29, 0.717) is 21.5 Å². The summed E-state index contributed by atoms with van der Waals surface area (Å²) in [5.74, 6) is -2.04. The van der Waals surface area contributed by atoms with Gasteiger partial charge in [0.1, 0.15) is 10.8 Å². The molecule has 8 nitrogen and oxygen atoms in total. The van der Waals surface area contributed by atoms with Crippen molar-refractivity contribution < 1.29 is 27.8 Å². The molecule has 176 valence electrons. The first kappa shape index (κ1) is 24.6. The summed E-state index contributed by atoms with van der Waals surface area (Å²) in [7, 11) is 2.98. The molecule has 0 aliphatic carbocycles. The number of aromatic nitrogens is 3. The lowest BCUT2D eigenvalue weighted by Crippen LogP contribution is -2.16. The van der Waals surface area contributed by atoms with Crippen molar-refractivity contribution >= 4 is 40.0 Å².